The number of rotatable bonds is 2. The Hall–Kier alpha value is -1.18. The summed E-state index contributed by atoms with van der Waals surface area (Å²) in [4.78, 5) is 7.83. The zero-order chi connectivity index (χ0) is 6.53. The van der Waals surface area contributed by atoms with Gasteiger partial charge in [0.05, 0.1) is 5.71 Å². The first-order valence-corrected chi connectivity index (χ1v) is 2.79. The molecule has 1 rings (SSSR count). The van der Waals surface area contributed by atoms with E-state index in [1.165, 1.54) is 6.20 Å². The first kappa shape index (κ1) is 5.95. The number of aliphatic imine (C=N–C) groups is 2. The number of nitrogens with zero attached hydrogens (tertiary/aromatic N) is 2. The molecule has 0 radical (unpaired) electrons. The monoisotopic (exact) mass is 120 g/mol. The zero-order valence-electron chi connectivity index (χ0n) is 5.12. The van der Waals surface area contributed by atoms with Crippen LogP contribution in [0.25, 0.3) is 0 Å². The summed E-state index contributed by atoms with van der Waals surface area (Å²) < 4.78 is 0. The van der Waals surface area contributed by atoms with E-state index in [-0.39, 0.29) is 0 Å². The summed E-state index contributed by atoms with van der Waals surface area (Å²) in [6.45, 7) is 3.45. The molecule has 0 aromatic rings. The molecular formula is C7H8N2. The van der Waals surface area contributed by atoms with Gasteiger partial charge in [-0.3, -0.25) is 9.98 Å². The summed E-state index contributed by atoms with van der Waals surface area (Å²) >= 11 is 0. The summed E-state index contributed by atoms with van der Waals surface area (Å²) in [6.07, 6.45) is 7.89. The fourth-order valence-corrected chi connectivity index (χ4v) is 0.599. The van der Waals surface area contributed by atoms with Crippen molar-refractivity contribution in [2.75, 3.05) is 0 Å². The molecule has 1 aliphatic rings. The predicted molar refractivity (Wildman–Crippen MR) is 39.9 cm³/mol. The average Bonchev–Trinajstić information content (AvgIpc) is 2.34. The van der Waals surface area contributed by atoms with E-state index in [0.29, 0.717) is 0 Å². The van der Waals surface area contributed by atoms with E-state index in [1.54, 1.807) is 12.4 Å². The maximum Gasteiger partial charge on any atom is 0.0624 e. The second kappa shape index (κ2) is 2.97. The lowest BCUT2D eigenvalue weighted by atomic mass is 10.3. The fraction of sp³-hybridized carbons (Fsp3) is 0.143. The molecule has 0 N–H and O–H groups in total. The van der Waals surface area contributed by atoms with Crippen LogP contribution in [0.15, 0.2) is 35.0 Å². The van der Waals surface area contributed by atoms with Crippen molar-refractivity contribution in [2.24, 2.45) is 9.98 Å². The van der Waals surface area contributed by atoms with Crippen molar-refractivity contribution in [3.8, 4) is 0 Å². The molecule has 0 aromatic heterocycles. The third kappa shape index (κ3) is 1.64. The van der Waals surface area contributed by atoms with E-state index in [4.69, 9.17) is 0 Å². The van der Waals surface area contributed by atoms with Gasteiger partial charge < -0.3 is 0 Å². The van der Waals surface area contributed by atoms with E-state index in [1.807, 2.05) is 6.08 Å². The fourth-order valence-electron chi connectivity index (χ4n) is 0.599. The first-order valence-electron chi connectivity index (χ1n) is 2.79. The topological polar surface area (TPSA) is 24.7 Å². The molecular weight excluding hydrogens is 112 g/mol. The molecule has 0 aliphatic carbocycles. The predicted octanol–water partition coefficient (Wildman–Crippen LogP) is 1.56. The van der Waals surface area contributed by atoms with E-state index in [2.05, 4.69) is 16.6 Å². The third-order valence-corrected chi connectivity index (χ3v) is 1.00. The van der Waals surface area contributed by atoms with Crippen LogP contribution in [-0.2, 0) is 0 Å². The van der Waals surface area contributed by atoms with Gasteiger partial charge >= 0.3 is 0 Å². The van der Waals surface area contributed by atoms with Crippen molar-refractivity contribution in [2.45, 2.75) is 6.42 Å². The first-order chi connectivity index (χ1) is 4.43. The minimum atomic E-state index is 0.900. The SMILES string of the molecule is C=CN=CC1=NC=CC1. The molecule has 0 saturated carbocycles. The molecule has 0 unspecified atom stereocenters. The standard InChI is InChI=1S/C7H8N2/c1-2-8-6-7-4-3-5-9-7/h2-3,5-6H,1,4H2. The van der Waals surface area contributed by atoms with Gasteiger partial charge in [-0.15, -0.1) is 0 Å². The van der Waals surface area contributed by atoms with Crippen LogP contribution in [0, 0.1) is 0 Å². The van der Waals surface area contributed by atoms with Gasteiger partial charge in [-0.1, -0.05) is 12.7 Å². The zero-order valence-corrected chi connectivity index (χ0v) is 5.12. The Morgan fingerprint density at radius 1 is 1.78 bits per heavy atom. The van der Waals surface area contributed by atoms with Gasteiger partial charge in [-0.2, -0.15) is 0 Å². The quantitative estimate of drug-likeness (QED) is 0.494. The minimum Gasteiger partial charge on any atom is -0.263 e. The van der Waals surface area contributed by atoms with Crippen molar-refractivity contribution < 1.29 is 0 Å². The van der Waals surface area contributed by atoms with Crippen molar-refractivity contribution in [1.29, 1.82) is 0 Å². The van der Waals surface area contributed by atoms with Crippen LogP contribution in [0.2, 0.25) is 0 Å². The highest BCUT2D eigenvalue weighted by Gasteiger charge is 1.93. The Labute approximate surface area is 54.3 Å². The number of hydrogen-bond donors (Lipinski definition) is 0. The summed E-state index contributed by atoms with van der Waals surface area (Å²) in [6, 6.07) is 0. The van der Waals surface area contributed by atoms with Gasteiger partial charge in [0.25, 0.3) is 0 Å². The molecule has 2 nitrogen and oxygen atoms in total. The molecule has 9 heavy (non-hydrogen) atoms. The third-order valence-electron chi connectivity index (χ3n) is 1.00. The van der Waals surface area contributed by atoms with Crippen LogP contribution in [0.4, 0.5) is 0 Å². The highest BCUT2D eigenvalue weighted by Crippen LogP contribution is 1.96. The van der Waals surface area contributed by atoms with Gasteiger partial charge in [0.2, 0.25) is 0 Å². The van der Waals surface area contributed by atoms with Crippen LogP contribution in [0.1, 0.15) is 6.42 Å². The Bertz CT molecular complexity index is 187. The van der Waals surface area contributed by atoms with Crippen molar-refractivity contribution >= 4 is 11.9 Å². The second-order valence-corrected chi connectivity index (χ2v) is 1.67. The van der Waals surface area contributed by atoms with Gasteiger partial charge in [0, 0.05) is 25.0 Å². The van der Waals surface area contributed by atoms with Crippen molar-refractivity contribution in [3.63, 3.8) is 0 Å². The van der Waals surface area contributed by atoms with E-state index < -0.39 is 0 Å². The molecule has 0 bridgehead atoms. The smallest absolute Gasteiger partial charge is 0.0624 e. The lowest BCUT2D eigenvalue weighted by Crippen LogP contribution is -1.92. The summed E-state index contributed by atoms with van der Waals surface area (Å²) in [7, 11) is 0. The minimum absolute atomic E-state index is 0.900. The Morgan fingerprint density at radius 2 is 2.67 bits per heavy atom. The molecule has 0 fully saturated rings. The van der Waals surface area contributed by atoms with E-state index in [0.717, 1.165) is 12.1 Å². The molecule has 0 aromatic carbocycles. The molecule has 46 valence electrons. The molecule has 0 amide bonds. The normalized spacial score (nSPS) is 16.7. The highest BCUT2D eigenvalue weighted by atomic mass is 14.8. The molecule has 0 saturated heterocycles. The Balaban J connectivity index is 2.47. The summed E-state index contributed by atoms with van der Waals surface area (Å²) in [5.74, 6) is 0. The molecule has 1 heterocycles. The van der Waals surface area contributed by atoms with Crippen LogP contribution in [0.3, 0.4) is 0 Å². The highest BCUT2D eigenvalue weighted by molar-refractivity contribution is 6.31. The van der Waals surface area contributed by atoms with E-state index >= 15 is 0 Å². The maximum atomic E-state index is 4.01. The number of hydrogen-bond acceptors (Lipinski definition) is 2. The van der Waals surface area contributed by atoms with Crippen molar-refractivity contribution in [3.05, 3.63) is 25.1 Å². The van der Waals surface area contributed by atoms with Gasteiger partial charge in [0.1, 0.15) is 0 Å². The Kier molecular flexibility index (Phi) is 1.96. The lowest BCUT2D eigenvalue weighted by molar-refractivity contribution is 1.56. The van der Waals surface area contributed by atoms with Gasteiger partial charge in [-0.05, 0) is 0 Å². The van der Waals surface area contributed by atoms with Gasteiger partial charge in [-0.25, -0.2) is 0 Å². The van der Waals surface area contributed by atoms with Crippen LogP contribution >= 0.6 is 0 Å². The average molecular weight is 120 g/mol. The Morgan fingerprint density at radius 3 is 3.22 bits per heavy atom. The number of allylic oxidation sites excluding steroid dienone is 1. The lowest BCUT2D eigenvalue weighted by Gasteiger charge is -1.82. The summed E-state index contributed by atoms with van der Waals surface area (Å²) in [5, 5.41) is 0. The maximum absolute atomic E-state index is 4.01. The van der Waals surface area contributed by atoms with E-state index in [9.17, 15) is 0 Å². The van der Waals surface area contributed by atoms with Crippen LogP contribution in [-0.4, -0.2) is 11.9 Å². The molecule has 0 atom stereocenters. The summed E-state index contributed by atoms with van der Waals surface area (Å²) in [5.41, 5.74) is 0.995. The largest absolute Gasteiger partial charge is 0.263 e. The van der Waals surface area contributed by atoms with Crippen molar-refractivity contribution in [1.82, 2.24) is 0 Å². The molecule has 0 spiro atoms. The molecule has 1 aliphatic heterocycles. The second-order valence-electron chi connectivity index (χ2n) is 1.67. The molecule has 2 heteroatoms. The van der Waals surface area contributed by atoms with Gasteiger partial charge in [0.15, 0.2) is 0 Å². The van der Waals surface area contributed by atoms with Crippen LogP contribution < -0.4 is 0 Å². The van der Waals surface area contributed by atoms with Crippen LogP contribution in [0.5, 0.6) is 0 Å².